The summed E-state index contributed by atoms with van der Waals surface area (Å²) in [5.41, 5.74) is 5.13. The maximum atomic E-state index is 10.1. The highest BCUT2D eigenvalue weighted by molar-refractivity contribution is 5.86. The van der Waals surface area contributed by atoms with Crippen LogP contribution in [-0.2, 0) is 0 Å². The summed E-state index contributed by atoms with van der Waals surface area (Å²) in [6.45, 7) is 2.40. The number of nitrogens with zero attached hydrogens (tertiary/aromatic N) is 2. The molecule has 3 aromatic carbocycles. The number of imidazole rings is 1. The van der Waals surface area contributed by atoms with Crippen molar-refractivity contribution >= 4 is 16.7 Å². The maximum Gasteiger partial charge on any atom is 0.161 e. The summed E-state index contributed by atoms with van der Waals surface area (Å²) < 4.78 is 7.80. The number of aromatic nitrogens is 2. The molecule has 4 aromatic rings. The van der Waals surface area contributed by atoms with Crippen molar-refractivity contribution in [3.63, 3.8) is 0 Å². The van der Waals surface area contributed by atoms with Crippen LogP contribution in [-0.4, -0.2) is 21.3 Å². The highest BCUT2D eigenvalue weighted by Crippen LogP contribution is 2.41. The molecular weight excluding hydrogens is 338 g/mol. The lowest BCUT2D eigenvalue weighted by Gasteiger charge is -2.30. The van der Waals surface area contributed by atoms with Crippen LogP contribution in [0.15, 0.2) is 66.7 Å². The quantitative estimate of drug-likeness (QED) is 0.554. The van der Waals surface area contributed by atoms with Crippen LogP contribution in [0.4, 0.5) is 5.69 Å². The summed E-state index contributed by atoms with van der Waals surface area (Å²) in [5.74, 6) is 1.57. The van der Waals surface area contributed by atoms with E-state index in [4.69, 9.17) is 9.72 Å². The average Bonchev–Trinajstić information content (AvgIpc) is 3.09. The molecule has 5 rings (SSSR count). The molecule has 134 valence electrons. The van der Waals surface area contributed by atoms with Gasteiger partial charge < -0.3 is 15.2 Å². The second-order valence-corrected chi connectivity index (χ2v) is 6.55. The Labute approximate surface area is 156 Å². The van der Waals surface area contributed by atoms with Gasteiger partial charge in [-0.25, -0.2) is 4.98 Å². The van der Waals surface area contributed by atoms with Gasteiger partial charge in [0.1, 0.15) is 12.0 Å². The zero-order valence-electron chi connectivity index (χ0n) is 14.9. The summed E-state index contributed by atoms with van der Waals surface area (Å²) >= 11 is 0. The Morgan fingerprint density at radius 2 is 1.89 bits per heavy atom. The Balaban J connectivity index is 1.75. The maximum absolute atomic E-state index is 10.1. The fourth-order valence-electron chi connectivity index (χ4n) is 3.72. The lowest BCUT2D eigenvalue weighted by molar-refractivity contribution is 0.317. The van der Waals surface area contributed by atoms with Crippen molar-refractivity contribution in [1.82, 2.24) is 9.55 Å². The first-order valence-corrected chi connectivity index (χ1v) is 9.05. The fraction of sp³-hybridized carbons (Fsp3) is 0.136. The molecule has 0 radical (unpaired) electrons. The second-order valence-electron chi connectivity index (χ2n) is 6.55. The van der Waals surface area contributed by atoms with Crippen molar-refractivity contribution in [2.24, 2.45) is 0 Å². The van der Waals surface area contributed by atoms with E-state index in [9.17, 15) is 5.11 Å². The third-order valence-electron chi connectivity index (χ3n) is 4.91. The van der Waals surface area contributed by atoms with E-state index in [-0.39, 0.29) is 11.9 Å². The minimum atomic E-state index is -0.151. The molecule has 2 N–H and O–H groups in total. The highest BCUT2D eigenvalue weighted by atomic mass is 16.5. The van der Waals surface area contributed by atoms with Crippen molar-refractivity contribution in [1.29, 1.82) is 0 Å². The molecule has 0 bridgehead atoms. The molecule has 5 nitrogen and oxygen atoms in total. The van der Waals surface area contributed by atoms with Crippen molar-refractivity contribution < 1.29 is 9.84 Å². The highest BCUT2D eigenvalue weighted by Gasteiger charge is 2.28. The van der Waals surface area contributed by atoms with Gasteiger partial charge in [-0.2, -0.15) is 0 Å². The number of ether oxygens (including phenoxy) is 1. The van der Waals surface area contributed by atoms with Gasteiger partial charge in [0.25, 0.3) is 0 Å². The lowest BCUT2D eigenvalue weighted by atomic mass is 10.1. The van der Waals surface area contributed by atoms with Crippen LogP contribution in [0.5, 0.6) is 11.5 Å². The third kappa shape index (κ3) is 2.43. The number of fused-ring (bicyclic) bond motifs is 5. The number of nitrogens with one attached hydrogen (secondary N) is 1. The molecule has 5 heteroatoms. The molecule has 0 saturated carbocycles. The van der Waals surface area contributed by atoms with Gasteiger partial charge in [-0.05, 0) is 48.9 Å². The summed E-state index contributed by atoms with van der Waals surface area (Å²) in [4.78, 5) is 4.89. The van der Waals surface area contributed by atoms with E-state index in [0.717, 1.165) is 33.7 Å². The van der Waals surface area contributed by atoms with E-state index in [2.05, 4.69) is 28.1 Å². The van der Waals surface area contributed by atoms with E-state index >= 15 is 0 Å². The van der Waals surface area contributed by atoms with Gasteiger partial charge in [0.2, 0.25) is 0 Å². The summed E-state index contributed by atoms with van der Waals surface area (Å²) in [6, 6.07) is 21.8. The SMILES string of the molecule is CCOc1cc([C@@H]2Nc3ccccc3-c3nc4ccccc4n32)ccc1O. The molecule has 27 heavy (non-hydrogen) atoms. The number of phenolic OH excluding ortho intramolecular Hbond substituents is 1. The van der Waals surface area contributed by atoms with Gasteiger partial charge in [-0.15, -0.1) is 0 Å². The van der Waals surface area contributed by atoms with Crippen molar-refractivity contribution in [3.05, 3.63) is 72.3 Å². The van der Waals surface area contributed by atoms with Gasteiger partial charge in [-0.1, -0.05) is 30.3 Å². The summed E-state index contributed by atoms with van der Waals surface area (Å²) in [6.07, 6.45) is -0.151. The molecule has 0 unspecified atom stereocenters. The smallest absolute Gasteiger partial charge is 0.161 e. The summed E-state index contributed by atoms with van der Waals surface area (Å²) in [7, 11) is 0. The number of hydrogen-bond acceptors (Lipinski definition) is 4. The topological polar surface area (TPSA) is 59.3 Å². The normalized spacial score (nSPS) is 15.1. The van der Waals surface area contributed by atoms with E-state index < -0.39 is 0 Å². The molecule has 0 spiro atoms. The Bertz CT molecular complexity index is 1150. The first-order chi connectivity index (χ1) is 13.3. The first kappa shape index (κ1) is 15.8. The number of hydrogen-bond donors (Lipinski definition) is 2. The predicted octanol–water partition coefficient (Wildman–Crippen LogP) is 4.78. The molecule has 1 aromatic heterocycles. The fourth-order valence-corrected chi connectivity index (χ4v) is 3.72. The van der Waals surface area contributed by atoms with Crippen LogP contribution in [0.25, 0.3) is 22.4 Å². The van der Waals surface area contributed by atoms with E-state index in [1.807, 2.05) is 49.4 Å². The Morgan fingerprint density at radius 3 is 2.78 bits per heavy atom. The van der Waals surface area contributed by atoms with E-state index in [0.29, 0.717) is 12.4 Å². The van der Waals surface area contributed by atoms with Gasteiger partial charge in [-0.3, -0.25) is 4.57 Å². The molecule has 2 heterocycles. The second kappa shape index (κ2) is 6.06. The van der Waals surface area contributed by atoms with Crippen LogP contribution in [0.2, 0.25) is 0 Å². The number of benzene rings is 3. The van der Waals surface area contributed by atoms with Gasteiger partial charge in [0.05, 0.1) is 17.6 Å². The largest absolute Gasteiger partial charge is 0.504 e. The lowest BCUT2D eigenvalue weighted by Crippen LogP contribution is -2.24. The minimum absolute atomic E-state index is 0.146. The monoisotopic (exact) mass is 357 g/mol. The Kier molecular flexibility index (Phi) is 3.53. The van der Waals surface area contributed by atoms with Gasteiger partial charge >= 0.3 is 0 Å². The molecule has 0 saturated heterocycles. The Hall–Kier alpha value is -3.47. The van der Waals surface area contributed by atoms with E-state index in [1.54, 1.807) is 6.07 Å². The van der Waals surface area contributed by atoms with Crippen LogP contribution in [0.3, 0.4) is 0 Å². The number of anilines is 1. The molecule has 1 aliphatic rings. The standard InChI is InChI=1S/C22H19N3O2/c1-2-27-20-13-14(11-12-19(20)26)21-23-16-8-4-3-7-15(16)22-24-17-9-5-6-10-18(17)25(21)22/h3-13,21,23,26H,2H2,1H3/t21-/m1/s1. The zero-order chi connectivity index (χ0) is 18.4. The Morgan fingerprint density at radius 1 is 1.07 bits per heavy atom. The number of phenols is 1. The van der Waals surface area contributed by atoms with Crippen LogP contribution in [0.1, 0.15) is 18.7 Å². The van der Waals surface area contributed by atoms with Crippen LogP contribution in [0, 0.1) is 0 Å². The number of aromatic hydroxyl groups is 1. The van der Waals surface area contributed by atoms with E-state index in [1.165, 1.54) is 0 Å². The summed E-state index contributed by atoms with van der Waals surface area (Å²) in [5, 5.41) is 13.7. The van der Waals surface area contributed by atoms with Crippen molar-refractivity contribution in [2.45, 2.75) is 13.1 Å². The van der Waals surface area contributed by atoms with Crippen molar-refractivity contribution in [3.8, 4) is 22.9 Å². The number of para-hydroxylation sites is 3. The average molecular weight is 357 g/mol. The van der Waals surface area contributed by atoms with Gasteiger partial charge in [0.15, 0.2) is 11.5 Å². The van der Waals surface area contributed by atoms with Gasteiger partial charge in [0, 0.05) is 11.3 Å². The first-order valence-electron chi connectivity index (χ1n) is 9.05. The number of rotatable bonds is 3. The minimum Gasteiger partial charge on any atom is -0.504 e. The third-order valence-corrected chi connectivity index (χ3v) is 4.91. The van der Waals surface area contributed by atoms with Crippen LogP contribution >= 0.6 is 0 Å². The van der Waals surface area contributed by atoms with Crippen molar-refractivity contribution in [2.75, 3.05) is 11.9 Å². The zero-order valence-corrected chi connectivity index (χ0v) is 14.9. The molecule has 1 aliphatic heterocycles. The molecule has 0 fully saturated rings. The molecule has 0 aliphatic carbocycles. The molecule has 1 atom stereocenters. The molecular formula is C22H19N3O2. The molecule has 0 amide bonds. The van der Waals surface area contributed by atoms with Crippen LogP contribution < -0.4 is 10.1 Å². The predicted molar refractivity (Wildman–Crippen MR) is 106 cm³/mol.